The summed E-state index contributed by atoms with van der Waals surface area (Å²) in [5, 5.41) is 6.22. The van der Waals surface area contributed by atoms with Crippen LogP contribution in [-0.2, 0) is 19.4 Å². The van der Waals surface area contributed by atoms with Crippen molar-refractivity contribution in [1.29, 1.82) is 0 Å². The first-order chi connectivity index (χ1) is 10.2. The van der Waals surface area contributed by atoms with Gasteiger partial charge in [-0.2, -0.15) is 16.9 Å². The Kier molecular flexibility index (Phi) is 6.86. The van der Waals surface area contributed by atoms with Crippen LogP contribution < -0.4 is 11.3 Å². The minimum Gasteiger partial charge on any atom is -0.271 e. The average molecular weight is 331 g/mol. The Morgan fingerprint density at radius 3 is 2.71 bits per heavy atom. The number of aromatic nitrogens is 2. The van der Waals surface area contributed by atoms with Crippen molar-refractivity contribution in [2.45, 2.75) is 70.2 Å². The molecule has 1 aliphatic carbocycles. The van der Waals surface area contributed by atoms with Crippen LogP contribution in [0.3, 0.4) is 0 Å². The molecule has 21 heavy (non-hydrogen) atoms. The Bertz CT molecular complexity index is 443. The summed E-state index contributed by atoms with van der Waals surface area (Å²) < 4.78 is 2.02. The van der Waals surface area contributed by atoms with Gasteiger partial charge in [-0.15, -0.1) is 0 Å². The number of thioether (sulfide) groups is 1. The molecule has 0 saturated heterocycles. The quantitative estimate of drug-likeness (QED) is 0.568. The maximum Gasteiger partial charge on any atom is 0.0850 e. The first-order valence-electron chi connectivity index (χ1n) is 8.01. The predicted molar refractivity (Wildman–Crippen MR) is 91.8 cm³/mol. The first-order valence-corrected chi connectivity index (χ1v) is 9.44. The average Bonchev–Trinajstić information content (AvgIpc) is 3.12. The minimum atomic E-state index is 0.250. The van der Waals surface area contributed by atoms with Gasteiger partial charge in [0.05, 0.1) is 16.4 Å². The Balaban J connectivity index is 1.98. The van der Waals surface area contributed by atoms with Gasteiger partial charge < -0.3 is 0 Å². The molecule has 0 aromatic carbocycles. The molecule has 0 aliphatic heterocycles. The van der Waals surface area contributed by atoms with Crippen LogP contribution in [0.15, 0.2) is 0 Å². The number of hydrogen-bond donors (Lipinski definition) is 2. The van der Waals surface area contributed by atoms with Crippen molar-refractivity contribution < 1.29 is 0 Å². The van der Waals surface area contributed by atoms with Crippen LogP contribution in [-0.4, -0.2) is 26.8 Å². The smallest absolute Gasteiger partial charge is 0.0850 e. The highest BCUT2D eigenvalue weighted by molar-refractivity contribution is 7.99. The van der Waals surface area contributed by atoms with Crippen molar-refractivity contribution >= 4 is 23.4 Å². The zero-order valence-electron chi connectivity index (χ0n) is 13.1. The lowest BCUT2D eigenvalue weighted by Crippen LogP contribution is -2.39. The van der Waals surface area contributed by atoms with E-state index in [0.717, 1.165) is 46.8 Å². The third-order valence-corrected chi connectivity index (χ3v) is 6.18. The molecule has 6 heteroatoms. The summed E-state index contributed by atoms with van der Waals surface area (Å²) in [6.45, 7) is 5.04. The van der Waals surface area contributed by atoms with Crippen molar-refractivity contribution in [1.82, 2.24) is 15.2 Å². The second-order valence-electron chi connectivity index (χ2n) is 5.68. The standard InChI is InChI=1S/C15H27ClN4S/c1-3-13-15(16)14(20(4-2)19-13)9-11(18-17)10-21-12-7-5-6-8-12/h11-12,18H,3-10,17H2,1-2H3. The lowest BCUT2D eigenvalue weighted by atomic mass is 10.1. The molecular weight excluding hydrogens is 304 g/mol. The molecule has 1 aromatic heterocycles. The maximum atomic E-state index is 6.48. The van der Waals surface area contributed by atoms with E-state index >= 15 is 0 Å². The van der Waals surface area contributed by atoms with Gasteiger partial charge in [0.25, 0.3) is 0 Å². The Morgan fingerprint density at radius 1 is 1.43 bits per heavy atom. The van der Waals surface area contributed by atoms with E-state index in [0.29, 0.717) is 0 Å². The fourth-order valence-corrected chi connectivity index (χ4v) is 4.65. The molecule has 3 N–H and O–H groups in total. The first kappa shape index (κ1) is 17.1. The largest absolute Gasteiger partial charge is 0.271 e. The van der Waals surface area contributed by atoms with Crippen molar-refractivity contribution in [3.05, 3.63) is 16.4 Å². The van der Waals surface area contributed by atoms with Gasteiger partial charge in [-0.25, -0.2) is 0 Å². The minimum absolute atomic E-state index is 0.250. The number of nitrogens with two attached hydrogens (primary N) is 1. The molecule has 1 fully saturated rings. The number of rotatable bonds is 8. The molecule has 1 atom stereocenters. The molecule has 1 saturated carbocycles. The lowest BCUT2D eigenvalue weighted by Gasteiger charge is -2.18. The van der Waals surface area contributed by atoms with Gasteiger partial charge in [-0.05, 0) is 26.2 Å². The van der Waals surface area contributed by atoms with Gasteiger partial charge in [0, 0.05) is 30.0 Å². The number of halogens is 1. The van der Waals surface area contributed by atoms with E-state index in [4.69, 9.17) is 17.4 Å². The van der Waals surface area contributed by atoms with Gasteiger partial charge in [-0.3, -0.25) is 16.0 Å². The Morgan fingerprint density at radius 2 is 2.14 bits per heavy atom. The van der Waals surface area contributed by atoms with E-state index in [9.17, 15) is 0 Å². The van der Waals surface area contributed by atoms with Gasteiger partial charge in [0.15, 0.2) is 0 Å². The molecule has 120 valence electrons. The highest BCUT2D eigenvalue weighted by Crippen LogP contribution is 2.30. The second-order valence-corrected chi connectivity index (χ2v) is 7.40. The Hall–Kier alpha value is -0.230. The summed E-state index contributed by atoms with van der Waals surface area (Å²) in [5.41, 5.74) is 5.07. The molecule has 0 amide bonds. The number of nitrogens with one attached hydrogen (secondary N) is 1. The lowest BCUT2D eigenvalue weighted by molar-refractivity contribution is 0.533. The molecule has 4 nitrogen and oxygen atoms in total. The molecule has 1 unspecified atom stereocenters. The van der Waals surface area contributed by atoms with Gasteiger partial charge in [-0.1, -0.05) is 31.4 Å². The number of hydrazine groups is 1. The fraction of sp³-hybridized carbons (Fsp3) is 0.800. The molecule has 0 bridgehead atoms. The summed E-state index contributed by atoms with van der Waals surface area (Å²) in [6.07, 6.45) is 7.19. The van der Waals surface area contributed by atoms with Crippen LogP contribution in [0, 0.1) is 0 Å². The van der Waals surface area contributed by atoms with Crippen LogP contribution in [0.5, 0.6) is 0 Å². The van der Waals surface area contributed by atoms with Crippen molar-refractivity contribution in [3.63, 3.8) is 0 Å². The highest BCUT2D eigenvalue weighted by atomic mass is 35.5. The topological polar surface area (TPSA) is 55.9 Å². The van der Waals surface area contributed by atoms with E-state index in [1.165, 1.54) is 25.7 Å². The van der Waals surface area contributed by atoms with Gasteiger partial charge in [0.2, 0.25) is 0 Å². The number of hydrogen-bond acceptors (Lipinski definition) is 4. The zero-order valence-corrected chi connectivity index (χ0v) is 14.6. The molecular formula is C15H27ClN4S. The van der Waals surface area contributed by atoms with Crippen molar-refractivity contribution in [2.75, 3.05) is 5.75 Å². The van der Waals surface area contributed by atoms with E-state index in [1.54, 1.807) is 0 Å². The maximum absolute atomic E-state index is 6.48. The molecule has 1 aliphatic rings. The summed E-state index contributed by atoms with van der Waals surface area (Å²) in [7, 11) is 0. The highest BCUT2D eigenvalue weighted by Gasteiger charge is 2.21. The molecule has 0 radical (unpaired) electrons. The number of nitrogens with zero attached hydrogens (tertiary/aromatic N) is 2. The third kappa shape index (κ3) is 4.38. The van der Waals surface area contributed by atoms with E-state index in [-0.39, 0.29) is 6.04 Å². The molecule has 1 aromatic rings. The van der Waals surface area contributed by atoms with Crippen molar-refractivity contribution in [2.24, 2.45) is 5.84 Å². The normalized spacial score (nSPS) is 17.5. The fourth-order valence-electron chi connectivity index (χ4n) is 2.92. The van der Waals surface area contributed by atoms with Gasteiger partial charge >= 0.3 is 0 Å². The van der Waals surface area contributed by atoms with Crippen LogP contribution in [0.2, 0.25) is 5.02 Å². The zero-order chi connectivity index (χ0) is 15.2. The summed E-state index contributed by atoms with van der Waals surface area (Å²) in [5.74, 6) is 6.79. The monoisotopic (exact) mass is 330 g/mol. The number of aryl methyl sites for hydroxylation is 2. The van der Waals surface area contributed by atoms with Crippen LogP contribution in [0.25, 0.3) is 0 Å². The second kappa shape index (κ2) is 8.42. The van der Waals surface area contributed by atoms with E-state index < -0.39 is 0 Å². The summed E-state index contributed by atoms with van der Waals surface area (Å²) >= 11 is 8.53. The van der Waals surface area contributed by atoms with E-state index in [1.807, 2.05) is 4.68 Å². The third-order valence-electron chi connectivity index (χ3n) is 4.20. The SMILES string of the molecule is CCc1nn(CC)c(CC(CSC2CCCC2)NN)c1Cl. The molecule has 2 rings (SSSR count). The van der Waals surface area contributed by atoms with Crippen LogP contribution in [0.4, 0.5) is 0 Å². The molecule has 1 heterocycles. The van der Waals surface area contributed by atoms with Crippen molar-refractivity contribution in [3.8, 4) is 0 Å². The summed E-state index contributed by atoms with van der Waals surface area (Å²) in [6, 6.07) is 0.250. The van der Waals surface area contributed by atoms with Crippen LogP contribution in [0.1, 0.15) is 50.9 Å². The Labute approximate surface area is 137 Å². The van der Waals surface area contributed by atoms with Crippen LogP contribution >= 0.6 is 23.4 Å². The molecule has 0 spiro atoms. The van der Waals surface area contributed by atoms with Gasteiger partial charge in [0.1, 0.15) is 0 Å². The predicted octanol–water partition coefficient (Wildman–Crippen LogP) is 3.17. The van der Waals surface area contributed by atoms with E-state index in [2.05, 4.69) is 36.1 Å². The summed E-state index contributed by atoms with van der Waals surface area (Å²) in [4.78, 5) is 0.